The first-order chi connectivity index (χ1) is 10.9. The van der Waals surface area contributed by atoms with Crippen LogP contribution in [0.5, 0.6) is 0 Å². The number of nitrogens with zero attached hydrogens (tertiary/aromatic N) is 2. The Hall–Kier alpha value is -1.64. The molecule has 23 heavy (non-hydrogen) atoms. The van der Waals surface area contributed by atoms with Gasteiger partial charge < -0.3 is 13.7 Å². The summed E-state index contributed by atoms with van der Waals surface area (Å²) in [6.45, 7) is 4.29. The van der Waals surface area contributed by atoms with Crippen molar-refractivity contribution in [2.45, 2.75) is 31.3 Å². The lowest BCUT2D eigenvalue weighted by Gasteiger charge is -2.18. The van der Waals surface area contributed by atoms with Crippen LogP contribution in [0.3, 0.4) is 0 Å². The molecule has 2 aromatic rings. The predicted octanol–water partition coefficient (Wildman–Crippen LogP) is 1.69. The number of hydrogen-bond acceptors (Lipinski definition) is 5. The van der Waals surface area contributed by atoms with Crippen LogP contribution < -0.4 is 4.72 Å². The smallest absolute Gasteiger partial charge is 0.244 e. The van der Waals surface area contributed by atoms with Gasteiger partial charge >= 0.3 is 0 Å². The van der Waals surface area contributed by atoms with E-state index in [0.717, 1.165) is 12.2 Å². The zero-order valence-electron chi connectivity index (χ0n) is 13.4. The molecule has 0 radical (unpaired) electrons. The summed E-state index contributed by atoms with van der Waals surface area (Å²) in [5, 5.41) is 0. The Kier molecular flexibility index (Phi) is 4.31. The Morgan fingerprint density at radius 3 is 2.83 bits per heavy atom. The van der Waals surface area contributed by atoms with Crippen LogP contribution in [-0.2, 0) is 21.8 Å². The highest BCUT2D eigenvalue weighted by molar-refractivity contribution is 7.89. The number of ether oxygens (including phenoxy) is 1. The maximum Gasteiger partial charge on any atom is 0.244 e. The van der Waals surface area contributed by atoms with Crippen molar-refractivity contribution in [2.24, 2.45) is 13.0 Å². The minimum absolute atomic E-state index is 0.0548. The van der Waals surface area contributed by atoms with E-state index < -0.39 is 10.0 Å². The summed E-state index contributed by atoms with van der Waals surface area (Å²) in [6.07, 6.45) is 4.18. The van der Waals surface area contributed by atoms with Crippen molar-refractivity contribution in [3.8, 4) is 0 Å². The van der Waals surface area contributed by atoms with Crippen molar-refractivity contribution in [1.29, 1.82) is 0 Å². The zero-order valence-corrected chi connectivity index (χ0v) is 14.3. The lowest BCUT2D eigenvalue weighted by atomic mass is 10.0. The minimum atomic E-state index is -3.59. The van der Waals surface area contributed by atoms with Gasteiger partial charge in [-0.25, -0.2) is 18.1 Å². The van der Waals surface area contributed by atoms with Gasteiger partial charge in [0.05, 0.1) is 0 Å². The molecule has 0 unspecified atom stereocenters. The molecule has 2 atom stereocenters. The molecule has 0 amide bonds. The van der Waals surface area contributed by atoms with Crippen molar-refractivity contribution in [2.75, 3.05) is 13.2 Å². The van der Waals surface area contributed by atoms with E-state index in [1.54, 1.807) is 26.1 Å². The monoisotopic (exact) mass is 339 g/mol. The summed E-state index contributed by atoms with van der Waals surface area (Å²) in [5.41, 5.74) is 0. The second-order valence-corrected chi connectivity index (χ2v) is 7.60. The molecule has 8 heteroatoms. The standard InChI is InChI=1S/C15H21N3O4S/c1-10-8-13(11(2)22-10)23(19,20)17-9-12-4-7-21-14(12)15-16-5-6-18(15)3/h5-6,8,12,14,17H,4,7,9H2,1-3H3/t12-,14+/m0/s1. The maximum absolute atomic E-state index is 12.5. The number of hydrogen-bond donors (Lipinski definition) is 1. The Morgan fingerprint density at radius 2 is 2.22 bits per heavy atom. The van der Waals surface area contributed by atoms with E-state index in [-0.39, 0.29) is 16.9 Å². The van der Waals surface area contributed by atoms with E-state index in [0.29, 0.717) is 24.7 Å². The highest BCUT2D eigenvalue weighted by atomic mass is 32.2. The number of imidazole rings is 1. The Balaban J connectivity index is 1.72. The molecule has 1 N–H and O–H groups in total. The fraction of sp³-hybridized carbons (Fsp3) is 0.533. The minimum Gasteiger partial charge on any atom is -0.465 e. The highest BCUT2D eigenvalue weighted by Crippen LogP contribution is 2.33. The summed E-state index contributed by atoms with van der Waals surface area (Å²) in [4.78, 5) is 4.51. The molecule has 1 aliphatic rings. The summed E-state index contributed by atoms with van der Waals surface area (Å²) in [6, 6.07) is 1.54. The van der Waals surface area contributed by atoms with Crippen molar-refractivity contribution in [3.05, 3.63) is 35.8 Å². The average Bonchev–Trinajstić information content (AvgIpc) is 3.17. The summed E-state index contributed by atoms with van der Waals surface area (Å²) in [7, 11) is -1.68. The van der Waals surface area contributed by atoms with Crippen molar-refractivity contribution < 1.29 is 17.6 Å². The largest absolute Gasteiger partial charge is 0.465 e. The van der Waals surface area contributed by atoms with Gasteiger partial charge in [0.15, 0.2) is 0 Å². The second kappa shape index (κ2) is 6.10. The fourth-order valence-corrected chi connectivity index (χ4v) is 4.28. The van der Waals surface area contributed by atoms with E-state index in [9.17, 15) is 8.42 Å². The Labute approximate surface area is 135 Å². The van der Waals surface area contributed by atoms with Crippen LogP contribution in [0.4, 0.5) is 0 Å². The molecule has 0 saturated carbocycles. The van der Waals surface area contributed by atoms with Crippen LogP contribution >= 0.6 is 0 Å². The van der Waals surface area contributed by atoms with Crippen LogP contribution in [0.2, 0.25) is 0 Å². The van der Waals surface area contributed by atoms with Gasteiger partial charge in [-0.05, 0) is 26.3 Å². The Morgan fingerprint density at radius 1 is 1.43 bits per heavy atom. The normalized spacial score (nSPS) is 21.9. The lowest BCUT2D eigenvalue weighted by molar-refractivity contribution is 0.0823. The van der Waals surface area contributed by atoms with Crippen LogP contribution in [-0.4, -0.2) is 31.1 Å². The van der Waals surface area contributed by atoms with Gasteiger partial charge in [-0.3, -0.25) is 0 Å². The zero-order chi connectivity index (χ0) is 16.6. The topological polar surface area (TPSA) is 86.4 Å². The molecule has 3 rings (SSSR count). The number of aromatic nitrogens is 2. The number of furan rings is 1. The van der Waals surface area contributed by atoms with Crippen LogP contribution in [0.15, 0.2) is 27.8 Å². The summed E-state index contributed by atoms with van der Waals surface area (Å²) in [5.74, 6) is 1.86. The van der Waals surface area contributed by atoms with Crippen molar-refractivity contribution in [3.63, 3.8) is 0 Å². The average molecular weight is 339 g/mol. The SMILES string of the molecule is Cc1cc(S(=O)(=O)NC[C@@H]2CCO[C@H]2c2nccn2C)c(C)o1. The van der Waals surface area contributed by atoms with Crippen LogP contribution in [0, 0.1) is 19.8 Å². The molecule has 7 nitrogen and oxygen atoms in total. The molecular formula is C15H21N3O4S. The third-order valence-electron chi connectivity index (χ3n) is 4.15. The van der Waals surface area contributed by atoms with E-state index in [1.165, 1.54) is 0 Å². The quantitative estimate of drug-likeness (QED) is 0.896. The van der Waals surface area contributed by atoms with E-state index in [4.69, 9.17) is 9.15 Å². The molecule has 0 aromatic carbocycles. The fourth-order valence-electron chi connectivity index (χ4n) is 2.95. The second-order valence-electron chi connectivity index (χ2n) is 5.87. The van der Waals surface area contributed by atoms with Gasteiger partial charge in [0.25, 0.3) is 0 Å². The van der Waals surface area contributed by atoms with Gasteiger partial charge in [-0.1, -0.05) is 0 Å². The number of sulfonamides is 1. The first-order valence-electron chi connectivity index (χ1n) is 7.54. The molecule has 126 valence electrons. The number of aryl methyl sites for hydroxylation is 3. The molecule has 1 aliphatic heterocycles. The van der Waals surface area contributed by atoms with Crippen LogP contribution in [0.1, 0.15) is 29.9 Å². The molecule has 2 aromatic heterocycles. The summed E-state index contributed by atoms with van der Waals surface area (Å²) < 4.78 is 40.5. The molecule has 1 saturated heterocycles. The van der Waals surface area contributed by atoms with Crippen LogP contribution in [0.25, 0.3) is 0 Å². The molecule has 0 aliphatic carbocycles. The number of nitrogens with one attached hydrogen (secondary N) is 1. The predicted molar refractivity (Wildman–Crippen MR) is 83.4 cm³/mol. The van der Waals surface area contributed by atoms with E-state index in [2.05, 4.69) is 9.71 Å². The lowest BCUT2D eigenvalue weighted by Crippen LogP contribution is -2.31. The third-order valence-corrected chi connectivity index (χ3v) is 5.68. The highest BCUT2D eigenvalue weighted by Gasteiger charge is 2.33. The maximum atomic E-state index is 12.5. The summed E-state index contributed by atoms with van der Waals surface area (Å²) >= 11 is 0. The van der Waals surface area contributed by atoms with Gasteiger partial charge in [-0.15, -0.1) is 0 Å². The van der Waals surface area contributed by atoms with Gasteiger partial charge in [-0.2, -0.15) is 0 Å². The Bertz CT molecular complexity index is 794. The van der Waals surface area contributed by atoms with E-state index in [1.807, 2.05) is 17.8 Å². The third kappa shape index (κ3) is 3.19. The molecule has 3 heterocycles. The first kappa shape index (κ1) is 16.2. The van der Waals surface area contributed by atoms with E-state index >= 15 is 0 Å². The van der Waals surface area contributed by atoms with Gasteiger partial charge in [0.1, 0.15) is 28.3 Å². The molecule has 0 bridgehead atoms. The molecule has 1 fully saturated rings. The molecule has 0 spiro atoms. The van der Waals surface area contributed by atoms with Crippen molar-refractivity contribution >= 4 is 10.0 Å². The van der Waals surface area contributed by atoms with Gasteiger partial charge in [0.2, 0.25) is 10.0 Å². The van der Waals surface area contributed by atoms with Gasteiger partial charge in [0, 0.05) is 38.5 Å². The first-order valence-corrected chi connectivity index (χ1v) is 9.02. The molecular weight excluding hydrogens is 318 g/mol. The number of rotatable bonds is 5. The van der Waals surface area contributed by atoms with Crippen molar-refractivity contribution in [1.82, 2.24) is 14.3 Å².